The zero-order chi connectivity index (χ0) is 10.2. The van der Waals surface area contributed by atoms with Gasteiger partial charge >= 0.3 is 0 Å². The number of nitrogens with zero attached hydrogens (tertiary/aromatic N) is 1. The van der Waals surface area contributed by atoms with Gasteiger partial charge in [-0.2, -0.15) is 0 Å². The van der Waals surface area contributed by atoms with Gasteiger partial charge in [-0.1, -0.05) is 20.8 Å². The molecule has 0 aromatic carbocycles. The van der Waals surface area contributed by atoms with Crippen molar-refractivity contribution >= 4 is 11.3 Å². The summed E-state index contributed by atoms with van der Waals surface area (Å²) in [4.78, 5) is 4.19. The predicted molar refractivity (Wildman–Crippen MR) is 62.8 cm³/mol. The Morgan fingerprint density at radius 2 is 2.21 bits per heavy atom. The minimum absolute atomic E-state index is 0.424. The van der Waals surface area contributed by atoms with E-state index in [1.165, 1.54) is 19.5 Å². The molecule has 0 N–H and O–H groups in total. The van der Waals surface area contributed by atoms with Gasteiger partial charge in [0.05, 0.1) is 0 Å². The van der Waals surface area contributed by atoms with Crippen molar-refractivity contribution in [3.05, 3.63) is 21.9 Å². The molecular formula is C12H19NS. The van der Waals surface area contributed by atoms with Crippen molar-refractivity contribution in [2.45, 2.75) is 33.7 Å². The van der Waals surface area contributed by atoms with Gasteiger partial charge in [-0.05, 0) is 28.8 Å². The lowest BCUT2D eigenvalue weighted by Crippen LogP contribution is -2.36. The van der Waals surface area contributed by atoms with Crippen LogP contribution in [0.15, 0.2) is 11.4 Å². The van der Waals surface area contributed by atoms with Gasteiger partial charge in [0.25, 0.3) is 0 Å². The van der Waals surface area contributed by atoms with E-state index in [0.717, 1.165) is 6.54 Å². The van der Waals surface area contributed by atoms with Crippen molar-refractivity contribution in [1.29, 1.82) is 0 Å². The fourth-order valence-corrected chi connectivity index (χ4v) is 3.00. The molecule has 78 valence electrons. The summed E-state index contributed by atoms with van der Waals surface area (Å²) in [6, 6.07) is 2.29. The normalized spacial score (nSPS) is 18.2. The van der Waals surface area contributed by atoms with Gasteiger partial charge in [0.15, 0.2) is 0 Å². The third-order valence-electron chi connectivity index (χ3n) is 2.58. The zero-order valence-corrected chi connectivity index (χ0v) is 10.2. The van der Waals surface area contributed by atoms with E-state index in [4.69, 9.17) is 0 Å². The van der Waals surface area contributed by atoms with Crippen molar-refractivity contribution in [2.24, 2.45) is 5.41 Å². The van der Waals surface area contributed by atoms with Crippen LogP contribution in [0.4, 0.5) is 0 Å². The van der Waals surface area contributed by atoms with E-state index in [9.17, 15) is 0 Å². The molecule has 0 bridgehead atoms. The van der Waals surface area contributed by atoms with Crippen LogP contribution in [-0.2, 0) is 13.0 Å². The molecule has 14 heavy (non-hydrogen) atoms. The standard InChI is InChI=1S/C12H19NS/c1-12(2,3)9-13-6-4-11-10(8-13)5-7-14-11/h5,7H,4,6,8-9H2,1-3H3. The molecule has 0 atom stereocenters. The summed E-state index contributed by atoms with van der Waals surface area (Å²) >= 11 is 1.92. The molecule has 1 aromatic heterocycles. The molecular weight excluding hydrogens is 190 g/mol. The predicted octanol–water partition coefficient (Wildman–Crippen LogP) is 3.15. The van der Waals surface area contributed by atoms with Crippen molar-refractivity contribution in [2.75, 3.05) is 13.1 Å². The Balaban J connectivity index is 2.01. The topological polar surface area (TPSA) is 3.24 Å². The molecule has 2 heteroatoms. The third-order valence-corrected chi connectivity index (χ3v) is 3.61. The molecule has 1 aliphatic heterocycles. The molecule has 0 radical (unpaired) electrons. The molecule has 0 spiro atoms. The summed E-state index contributed by atoms with van der Waals surface area (Å²) in [5, 5.41) is 2.23. The lowest BCUT2D eigenvalue weighted by molar-refractivity contribution is 0.178. The molecule has 1 aromatic rings. The maximum Gasteiger partial charge on any atom is 0.0245 e. The monoisotopic (exact) mass is 209 g/mol. The fourth-order valence-electron chi connectivity index (χ4n) is 2.11. The van der Waals surface area contributed by atoms with Gasteiger partial charge in [-0.15, -0.1) is 11.3 Å². The van der Waals surface area contributed by atoms with Gasteiger partial charge < -0.3 is 0 Å². The van der Waals surface area contributed by atoms with E-state index in [0.29, 0.717) is 5.41 Å². The SMILES string of the molecule is CC(C)(C)CN1CCc2sccc2C1. The number of fused-ring (bicyclic) bond motifs is 1. The minimum atomic E-state index is 0.424. The molecule has 0 aliphatic carbocycles. The second-order valence-electron chi connectivity index (χ2n) is 5.39. The second kappa shape index (κ2) is 3.67. The average molecular weight is 209 g/mol. The first-order valence-corrected chi connectivity index (χ1v) is 6.20. The molecule has 0 unspecified atom stereocenters. The molecule has 0 amide bonds. The van der Waals surface area contributed by atoms with Crippen molar-refractivity contribution in [3.63, 3.8) is 0 Å². The summed E-state index contributed by atoms with van der Waals surface area (Å²) < 4.78 is 0. The molecule has 2 rings (SSSR count). The van der Waals surface area contributed by atoms with Gasteiger partial charge in [-0.25, -0.2) is 0 Å². The van der Waals surface area contributed by atoms with Crippen molar-refractivity contribution in [3.8, 4) is 0 Å². The second-order valence-corrected chi connectivity index (χ2v) is 6.39. The van der Waals surface area contributed by atoms with E-state index in [1.54, 1.807) is 10.4 Å². The highest BCUT2D eigenvalue weighted by molar-refractivity contribution is 7.10. The molecule has 1 aliphatic rings. The maximum absolute atomic E-state index is 2.58. The Morgan fingerprint density at radius 3 is 2.93 bits per heavy atom. The number of hydrogen-bond donors (Lipinski definition) is 0. The van der Waals surface area contributed by atoms with E-state index in [1.807, 2.05) is 11.3 Å². The summed E-state index contributed by atoms with van der Waals surface area (Å²) in [5.74, 6) is 0. The number of thiophene rings is 1. The van der Waals surface area contributed by atoms with Crippen LogP contribution in [-0.4, -0.2) is 18.0 Å². The largest absolute Gasteiger partial charge is 0.298 e. The highest BCUT2D eigenvalue weighted by Gasteiger charge is 2.21. The van der Waals surface area contributed by atoms with Crippen LogP contribution >= 0.6 is 11.3 Å². The number of rotatable bonds is 1. The molecule has 2 heterocycles. The molecule has 0 saturated carbocycles. The average Bonchev–Trinajstić information content (AvgIpc) is 2.47. The first-order valence-electron chi connectivity index (χ1n) is 5.32. The van der Waals surface area contributed by atoms with Crippen LogP contribution in [0.5, 0.6) is 0 Å². The van der Waals surface area contributed by atoms with Crippen molar-refractivity contribution in [1.82, 2.24) is 4.90 Å². The van der Waals surface area contributed by atoms with E-state index < -0.39 is 0 Å². The fraction of sp³-hybridized carbons (Fsp3) is 0.667. The van der Waals surface area contributed by atoms with Crippen LogP contribution < -0.4 is 0 Å². The highest BCUT2D eigenvalue weighted by Crippen LogP contribution is 2.26. The van der Waals surface area contributed by atoms with Gasteiger partial charge in [0.2, 0.25) is 0 Å². The Kier molecular flexibility index (Phi) is 2.67. The first-order chi connectivity index (χ1) is 6.54. The van der Waals surface area contributed by atoms with Gasteiger partial charge in [0.1, 0.15) is 0 Å². The Morgan fingerprint density at radius 1 is 1.43 bits per heavy atom. The van der Waals surface area contributed by atoms with Crippen LogP contribution in [0.3, 0.4) is 0 Å². The maximum atomic E-state index is 2.58. The van der Waals surface area contributed by atoms with Gasteiger partial charge in [0, 0.05) is 24.5 Å². The van der Waals surface area contributed by atoms with Crippen molar-refractivity contribution < 1.29 is 0 Å². The lowest BCUT2D eigenvalue weighted by atomic mass is 9.95. The van der Waals surface area contributed by atoms with Crippen LogP contribution in [0.1, 0.15) is 31.2 Å². The first kappa shape index (κ1) is 10.2. The highest BCUT2D eigenvalue weighted by atomic mass is 32.1. The van der Waals surface area contributed by atoms with E-state index in [2.05, 4.69) is 37.1 Å². The Hall–Kier alpha value is -0.340. The summed E-state index contributed by atoms with van der Waals surface area (Å²) in [6.07, 6.45) is 1.25. The summed E-state index contributed by atoms with van der Waals surface area (Å²) in [7, 11) is 0. The van der Waals surface area contributed by atoms with Crippen LogP contribution in [0.25, 0.3) is 0 Å². The molecule has 0 fully saturated rings. The summed E-state index contributed by atoms with van der Waals surface area (Å²) in [6.45, 7) is 10.6. The lowest BCUT2D eigenvalue weighted by Gasteiger charge is -2.32. The van der Waals surface area contributed by atoms with Gasteiger partial charge in [-0.3, -0.25) is 4.90 Å². The Labute approximate surface area is 90.7 Å². The van der Waals surface area contributed by atoms with Crippen LogP contribution in [0.2, 0.25) is 0 Å². The van der Waals surface area contributed by atoms with E-state index >= 15 is 0 Å². The third kappa shape index (κ3) is 2.37. The van der Waals surface area contributed by atoms with Crippen LogP contribution in [0, 0.1) is 5.41 Å². The Bertz CT molecular complexity index is 308. The summed E-state index contributed by atoms with van der Waals surface area (Å²) in [5.41, 5.74) is 1.98. The quantitative estimate of drug-likeness (QED) is 0.687. The number of hydrogen-bond acceptors (Lipinski definition) is 2. The minimum Gasteiger partial charge on any atom is -0.298 e. The molecule has 1 nitrogen and oxygen atoms in total. The molecule has 0 saturated heterocycles. The smallest absolute Gasteiger partial charge is 0.0245 e. The zero-order valence-electron chi connectivity index (χ0n) is 9.34. The van der Waals surface area contributed by atoms with E-state index in [-0.39, 0.29) is 0 Å².